The summed E-state index contributed by atoms with van der Waals surface area (Å²) in [5.41, 5.74) is 2.87. The van der Waals surface area contributed by atoms with Crippen LogP contribution in [0.25, 0.3) is 0 Å². The van der Waals surface area contributed by atoms with Gasteiger partial charge in [-0.05, 0) is 63.1 Å². The topological polar surface area (TPSA) is 69.0 Å². The van der Waals surface area contributed by atoms with E-state index < -0.39 is 0 Å². The molecular weight excluding hydrogens is 455 g/mol. The Labute approximate surface area is 196 Å². The summed E-state index contributed by atoms with van der Waals surface area (Å²) >= 11 is 13.4. The number of anilines is 1. The smallest absolute Gasteiger partial charge is 0.234 e. The minimum Gasteiger partial charge on any atom is -0.483 e. The van der Waals surface area contributed by atoms with E-state index in [1.165, 1.54) is 22.9 Å². The molecule has 0 radical (unpaired) electrons. The molecule has 0 saturated heterocycles. The summed E-state index contributed by atoms with van der Waals surface area (Å²) in [6, 6.07) is 11.1. The zero-order valence-corrected chi connectivity index (χ0v) is 20.1. The van der Waals surface area contributed by atoms with E-state index in [4.69, 9.17) is 27.9 Å². The zero-order chi connectivity index (χ0) is 22.5. The first-order valence-corrected chi connectivity index (χ1v) is 11.6. The van der Waals surface area contributed by atoms with Crippen LogP contribution in [-0.2, 0) is 11.3 Å². The van der Waals surface area contributed by atoms with Crippen LogP contribution in [0, 0.1) is 13.8 Å². The third-order valence-corrected chi connectivity index (χ3v) is 6.56. The molecule has 3 aromatic rings. The Bertz CT molecular complexity index is 1090. The first-order valence-electron chi connectivity index (χ1n) is 9.83. The molecular formula is C22H24Cl2N4O2S. The van der Waals surface area contributed by atoms with Crippen LogP contribution in [0.2, 0.25) is 10.0 Å². The average Bonchev–Trinajstić information content (AvgIpc) is 3.15. The van der Waals surface area contributed by atoms with E-state index in [0.717, 1.165) is 5.75 Å². The zero-order valence-electron chi connectivity index (χ0n) is 17.8. The largest absolute Gasteiger partial charge is 0.483 e. The van der Waals surface area contributed by atoms with Crippen LogP contribution >= 0.6 is 35.0 Å². The van der Waals surface area contributed by atoms with Crippen LogP contribution in [0.3, 0.4) is 0 Å². The molecule has 9 heteroatoms. The minimum absolute atomic E-state index is 0.160. The molecule has 1 heterocycles. The van der Waals surface area contributed by atoms with Crippen LogP contribution in [0.4, 0.5) is 5.69 Å². The van der Waals surface area contributed by atoms with Crippen LogP contribution in [-0.4, -0.2) is 26.4 Å². The van der Waals surface area contributed by atoms with Gasteiger partial charge in [0.15, 0.2) is 17.1 Å². The van der Waals surface area contributed by atoms with Gasteiger partial charge < -0.3 is 14.6 Å². The Morgan fingerprint density at radius 3 is 2.68 bits per heavy atom. The molecule has 2 aromatic carbocycles. The van der Waals surface area contributed by atoms with E-state index in [-0.39, 0.29) is 17.8 Å². The van der Waals surface area contributed by atoms with Crippen LogP contribution < -0.4 is 10.1 Å². The van der Waals surface area contributed by atoms with Crippen molar-refractivity contribution in [3.8, 4) is 5.75 Å². The highest BCUT2D eigenvalue weighted by molar-refractivity contribution is 7.99. The van der Waals surface area contributed by atoms with Crippen molar-refractivity contribution >= 4 is 46.6 Å². The lowest BCUT2D eigenvalue weighted by Gasteiger charge is -2.16. The lowest BCUT2D eigenvalue weighted by atomic mass is 10.1. The molecule has 1 atom stereocenters. The molecule has 1 amide bonds. The molecule has 0 bridgehead atoms. The lowest BCUT2D eigenvalue weighted by molar-refractivity contribution is -0.113. The highest BCUT2D eigenvalue weighted by Crippen LogP contribution is 2.30. The lowest BCUT2D eigenvalue weighted by Crippen LogP contribution is -2.15. The van der Waals surface area contributed by atoms with Crippen molar-refractivity contribution in [3.63, 3.8) is 0 Å². The van der Waals surface area contributed by atoms with Gasteiger partial charge in [-0.1, -0.05) is 47.1 Å². The Morgan fingerprint density at radius 2 is 1.97 bits per heavy atom. The standard InChI is InChI=1S/C22H24Cl2N4O2S/c1-5-28-21(15(4)30-16-10-9-13(2)14(3)11-16)26-27-22(28)31-12-19(29)25-18-8-6-7-17(23)20(18)24/h6-11,15H,5,12H2,1-4H3,(H,25,29). The molecule has 0 spiro atoms. The molecule has 3 rings (SSSR count). The van der Waals surface area contributed by atoms with Crippen molar-refractivity contribution < 1.29 is 9.53 Å². The summed E-state index contributed by atoms with van der Waals surface area (Å²) in [5, 5.41) is 12.7. The number of nitrogens with one attached hydrogen (secondary N) is 1. The molecule has 1 unspecified atom stereocenters. The minimum atomic E-state index is -0.289. The number of aromatic nitrogens is 3. The molecule has 164 valence electrons. The first kappa shape index (κ1) is 23.4. The number of halogens is 2. The van der Waals surface area contributed by atoms with Crippen molar-refractivity contribution in [1.29, 1.82) is 0 Å². The Morgan fingerprint density at radius 1 is 1.19 bits per heavy atom. The van der Waals surface area contributed by atoms with E-state index in [9.17, 15) is 4.79 Å². The molecule has 0 fully saturated rings. The van der Waals surface area contributed by atoms with E-state index in [2.05, 4.69) is 29.4 Å². The van der Waals surface area contributed by atoms with Gasteiger partial charge in [-0.15, -0.1) is 10.2 Å². The highest BCUT2D eigenvalue weighted by Gasteiger charge is 2.20. The average molecular weight is 479 g/mol. The number of rotatable bonds is 8. The Hall–Kier alpha value is -2.22. The number of hydrogen-bond acceptors (Lipinski definition) is 5. The molecule has 6 nitrogen and oxygen atoms in total. The third-order valence-electron chi connectivity index (χ3n) is 4.77. The van der Waals surface area contributed by atoms with Gasteiger partial charge in [-0.2, -0.15) is 0 Å². The van der Waals surface area contributed by atoms with Gasteiger partial charge in [0.2, 0.25) is 5.91 Å². The van der Waals surface area contributed by atoms with Crippen molar-refractivity contribution in [2.24, 2.45) is 0 Å². The normalized spacial score (nSPS) is 11.9. The van der Waals surface area contributed by atoms with Gasteiger partial charge in [0.25, 0.3) is 0 Å². The molecule has 1 aromatic heterocycles. The second-order valence-electron chi connectivity index (χ2n) is 7.03. The molecule has 0 aliphatic heterocycles. The van der Waals surface area contributed by atoms with Crippen molar-refractivity contribution in [2.75, 3.05) is 11.1 Å². The van der Waals surface area contributed by atoms with Crippen molar-refractivity contribution in [1.82, 2.24) is 14.8 Å². The number of thioether (sulfide) groups is 1. The number of carbonyl (C=O) groups excluding carboxylic acids is 1. The molecule has 0 aliphatic carbocycles. The van der Waals surface area contributed by atoms with Gasteiger partial charge in [0, 0.05) is 6.54 Å². The quantitative estimate of drug-likeness (QED) is 0.396. The summed E-state index contributed by atoms with van der Waals surface area (Å²) in [4.78, 5) is 12.4. The Kier molecular flexibility index (Phi) is 7.86. The number of nitrogens with zero attached hydrogens (tertiary/aromatic N) is 3. The maximum absolute atomic E-state index is 12.4. The number of carbonyl (C=O) groups is 1. The monoisotopic (exact) mass is 478 g/mol. The summed E-state index contributed by atoms with van der Waals surface area (Å²) in [5.74, 6) is 1.45. The summed E-state index contributed by atoms with van der Waals surface area (Å²) in [7, 11) is 0. The number of amides is 1. The number of hydrogen-bond donors (Lipinski definition) is 1. The van der Waals surface area contributed by atoms with Crippen molar-refractivity contribution in [2.45, 2.75) is 45.5 Å². The number of benzene rings is 2. The molecule has 0 aliphatic rings. The van der Waals surface area contributed by atoms with Gasteiger partial charge in [0.05, 0.1) is 21.5 Å². The maximum Gasteiger partial charge on any atom is 0.234 e. The summed E-state index contributed by atoms with van der Waals surface area (Å²) in [6.07, 6.45) is -0.289. The number of aryl methyl sites for hydroxylation is 2. The van der Waals surface area contributed by atoms with Gasteiger partial charge in [-0.3, -0.25) is 4.79 Å². The predicted molar refractivity (Wildman–Crippen MR) is 126 cm³/mol. The third kappa shape index (κ3) is 5.73. The Balaban J connectivity index is 1.65. The van der Waals surface area contributed by atoms with Crippen LogP contribution in [0.15, 0.2) is 41.6 Å². The maximum atomic E-state index is 12.4. The van der Waals surface area contributed by atoms with E-state index in [0.29, 0.717) is 33.3 Å². The summed E-state index contributed by atoms with van der Waals surface area (Å²) < 4.78 is 8.04. The van der Waals surface area contributed by atoms with Gasteiger partial charge in [0.1, 0.15) is 5.75 Å². The summed E-state index contributed by atoms with van der Waals surface area (Å²) in [6.45, 7) is 8.72. The van der Waals surface area contributed by atoms with Crippen molar-refractivity contribution in [3.05, 3.63) is 63.4 Å². The second-order valence-corrected chi connectivity index (χ2v) is 8.76. The fourth-order valence-electron chi connectivity index (χ4n) is 2.97. The van der Waals surface area contributed by atoms with E-state index in [1.54, 1.807) is 18.2 Å². The highest BCUT2D eigenvalue weighted by atomic mass is 35.5. The van der Waals surface area contributed by atoms with Crippen LogP contribution in [0.1, 0.15) is 36.9 Å². The first-order chi connectivity index (χ1) is 14.8. The van der Waals surface area contributed by atoms with E-state index in [1.807, 2.05) is 36.6 Å². The van der Waals surface area contributed by atoms with E-state index >= 15 is 0 Å². The fraction of sp³-hybridized carbons (Fsp3) is 0.318. The molecule has 31 heavy (non-hydrogen) atoms. The number of ether oxygens (including phenoxy) is 1. The molecule has 0 saturated carbocycles. The SMILES string of the molecule is CCn1c(SCC(=O)Nc2cccc(Cl)c2Cl)nnc1C(C)Oc1ccc(C)c(C)c1. The molecule has 1 N–H and O–H groups in total. The second kappa shape index (κ2) is 10.4. The van der Waals surface area contributed by atoms with Crippen LogP contribution in [0.5, 0.6) is 5.75 Å². The fourth-order valence-corrected chi connectivity index (χ4v) is 4.12. The van der Waals surface area contributed by atoms with Gasteiger partial charge >= 0.3 is 0 Å². The predicted octanol–water partition coefficient (Wildman–Crippen LogP) is 6.09. The van der Waals surface area contributed by atoms with Gasteiger partial charge in [-0.25, -0.2) is 0 Å².